The van der Waals surface area contributed by atoms with Crippen molar-refractivity contribution in [3.63, 3.8) is 0 Å². The lowest BCUT2D eigenvalue weighted by Gasteiger charge is -2.08. The maximum Gasteiger partial charge on any atom is 0.215 e. The van der Waals surface area contributed by atoms with E-state index in [9.17, 15) is 4.79 Å². The average molecular weight is 263 g/mol. The first kappa shape index (κ1) is 12.3. The number of nitrogens with zero attached hydrogens (tertiary/aromatic N) is 2. The van der Waals surface area contributed by atoms with Crippen LogP contribution in [0.2, 0.25) is 0 Å². The summed E-state index contributed by atoms with van der Waals surface area (Å²) >= 11 is 0. The molecular weight excluding hydrogens is 250 g/mol. The number of nitrogens with two attached hydrogens (primary N) is 1. The molecule has 0 aliphatic carbocycles. The van der Waals surface area contributed by atoms with Crippen molar-refractivity contribution in [2.45, 2.75) is 6.92 Å². The minimum Gasteiger partial charge on any atom is -0.383 e. The topological polar surface area (TPSA) is 68.9 Å². The Labute approximate surface area is 116 Å². The van der Waals surface area contributed by atoms with Crippen LogP contribution in [-0.2, 0) is 0 Å². The van der Waals surface area contributed by atoms with Crippen molar-refractivity contribution >= 4 is 22.4 Å². The van der Waals surface area contributed by atoms with Crippen LogP contribution in [0.1, 0.15) is 21.6 Å². The third kappa shape index (κ3) is 1.91. The van der Waals surface area contributed by atoms with Gasteiger partial charge in [-0.25, -0.2) is 4.98 Å². The maximum atomic E-state index is 12.7. The summed E-state index contributed by atoms with van der Waals surface area (Å²) in [4.78, 5) is 20.9. The van der Waals surface area contributed by atoms with Gasteiger partial charge in [-0.2, -0.15) is 0 Å². The lowest BCUT2D eigenvalue weighted by atomic mass is 10.00. The first-order chi connectivity index (χ1) is 9.68. The van der Waals surface area contributed by atoms with Crippen LogP contribution in [0.5, 0.6) is 0 Å². The molecule has 0 radical (unpaired) electrons. The Morgan fingerprint density at radius 2 is 1.80 bits per heavy atom. The normalized spacial score (nSPS) is 10.7. The molecular formula is C16H13N3O. The first-order valence-corrected chi connectivity index (χ1v) is 6.28. The van der Waals surface area contributed by atoms with E-state index in [1.807, 2.05) is 37.3 Å². The van der Waals surface area contributed by atoms with Crippen LogP contribution in [0.3, 0.4) is 0 Å². The lowest BCUT2D eigenvalue weighted by Crippen LogP contribution is -2.11. The monoisotopic (exact) mass is 263 g/mol. The highest BCUT2D eigenvalue weighted by Gasteiger charge is 2.19. The minimum atomic E-state index is -0.190. The van der Waals surface area contributed by atoms with Crippen LogP contribution >= 0.6 is 0 Å². The Balaban J connectivity index is 2.24. The average Bonchev–Trinajstić information content (AvgIpc) is 2.46. The van der Waals surface area contributed by atoms with Crippen molar-refractivity contribution in [1.29, 1.82) is 0 Å². The molecule has 0 bridgehead atoms. The molecule has 2 heterocycles. The zero-order valence-corrected chi connectivity index (χ0v) is 11.0. The van der Waals surface area contributed by atoms with Gasteiger partial charge in [0.25, 0.3) is 0 Å². The number of aromatic nitrogens is 2. The van der Waals surface area contributed by atoms with E-state index in [1.54, 1.807) is 18.5 Å². The van der Waals surface area contributed by atoms with Crippen LogP contribution in [0.4, 0.5) is 5.82 Å². The molecule has 0 fully saturated rings. The minimum absolute atomic E-state index is 0.190. The lowest BCUT2D eigenvalue weighted by molar-refractivity contribution is 0.103. The molecule has 0 atom stereocenters. The number of carbonyl (C=O) groups is 1. The molecule has 1 aromatic carbocycles. The summed E-state index contributed by atoms with van der Waals surface area (Å²) in [5, 5.41) is 1.80. The van der Waals surface area contributed by atoms with Gasteiger partial charge in [-0.3, -0.25) is 9.78 Å². The number of pyridine rings is 2. The Bertz CT molecular complexity index is 786. The van der Waals surface area contributed by atoms with Gasteiger partial charge in [0.1, 0.15) is 11.5 Å². The zero-order chi connectivity index (χ0) is 14.1. The molecule has 20 heavy (non-hydrogen) atoms. The summed E-state index contributed by atoms with van der Waals surface area (Å²) in [6, 6.07) is 11.3. The second-order valence-corrected chi connectivity index (χ2v) is 4.60. The van der Waals surface area contributed by atoms with E-state index in [-0.39, 0.29) is 11.6 Å². The molecule has 3 aromatic rings. The highest BCUT2D eigenvalue weighted by Crippen LogP contribution is 2.22. The fraction of sp³-hybridized carbons (Fsp3) is 0.0625. The number of ketones is 1. The summed E-state index contributed by atoms with van der Waals surface area (Å²) in [5.41, 5.74) is 7.48. The summed E-state index contributed by atoms with van der Waals surface area (Å²) in [6.45, 7) is 1.84. The molecule has 0 saturated carbocycles. The molecule has 2 N–H and O–H groups in total. The van der Waals surface area contributed by atoms with Crippen molar-refractivity contribution in [2.24, 2.45) is 0 Å². The van der Waals surface area contributed by atoms with E-state index in [0.717, 1.165) is 16.3 Å². The van der Waals surface area contributed by atoms with Crippen molar-refractivity contribution in [2.75, 3.05) is 5.73 Å². The quantitative estimate of drug-likeness (QED) is 0.722. The van der Waals surface area contributed by atoms with E-state index in [1.165, 1.54) is 0 Å². The third-order valence-corrected chi connectivity index (χ3v) is 3.30. The maximum absolute atomic E-state index is 12.7. The number of hydrogen-bond donors (Lipinski definition) is 1. The zero-order valence-electron chi connectivity index (χ0n) is 11.0. The second kappa shape index (κ2) is 4.74. The van der Waals surface area contributed by atoms with Gasteiger partial charge in [0.2, 0.25) is 5.78 Å². The Kier molecular flexibility index (Phi) is 2.91. The van der Waals surface area contributed by atoms with E-state index in [0.29, 0.717) is 11.3 Å². The molecule has 0 aliphatic rings. The molecule has 4 heteroatoms. The van der Waals surface area contributed by atoms with Crippen molar-refractivity contribution in [3.8, 4) is 0 Å². The summed E-state index contributed by atoms with van der Waals surface area (Å²) in [6.07, 6.45) is 3.23. The van der Waals surface area contributed by atoms with E-state index >= 15 is 0 Å². The van der Waals surface area contributed by atoms with Gasteiger partial charge in [-0.15, -0.1) is 0 Å². The molecule has 4 nitrogen and oxygen atoms in total. The van der Waals surface area contributed by atoms with E-state index in [4.69, 9.17) is 5.73 Å². The van der Waals surface area contributed by atoms with Gasteiger partial charge < -0.3 is 5.73 Å². The fourth-order valence-electron chi connectivity index (χ4n) is 2.29. The number of carbonyl (C=O) groups excluding carboxylic acids is 1. The Morgan fingerprint density at radius 3 is 2.60 bits per heavy atom. The molecule has 0 spiro atoms. The van der Waals surface area contributed by atoms with Crippen molar-refractivity contribution in [1.82, 2.24) is 9.97 Å². The van der Waals surface area contributed by atoms with E-state index < -0.39 is 0 Å². The van der Waals surface area contributed by atoms with Gasteiger partial charge in [0, 0.05) is 17.8 Å². The molecule has 3 rings (SSSR count). The summed E-state index contributed by atoms with van der Waals surface area (Å²) in [7, 11) is 0. The van der Waals surface area contributed by atoms with Crippen LogP contribution in [0.25, 0.3) is 10.8 Å². The van der Waals surface area contributed by atoms with E-state index in [2.05, 4.69) is 9.97 Å². The predicted octanol–water partition coefficient (Wildman–Crippen LogP) is 2.75. The SMILES string of the molecule is Cc1ccnc(N)c1C(=O)c1nccc2ccccc12. The molecule has 2 aromatic heterocycles. The Hall–Kier alpha value is -2.75. The molecule has 0 unspecified atom stereocenters. The van der Waals surface area contributed by atoms with Crippen LogP contribution in [-0.4, -0.2) is 15.8 Å². The number of rotatable bonds is 2. The van der Waals surface area contributed by atoms with Gasteiger partial charge >= 0.3 is 0 Å². The van der Waals surface area contributed by atoms with Crippen LogP contribution in [0.15, 0.2) is 48.8 Å². The second-order valence-electron chi connectivity index (χ2n) is 4.60. The first-order valence-electron chi connectivity index (χ1n) is 6.28. The number of nitrogen functional groups attached to an aromatic ring is 1. The standard InChI is InChI=1S/C16H13N3O/c1-10-6-8-19-16(17)13(10)15(20)14-12-5-3-2-4-11(12)7-9-18-14/h2-9H,1H3,(H2,17,19). The number of aryl methyl sites for hydroxylation is 1. The summed E-state index contributed by atoms with van der Waals surface area (Å²) in [5.74, 6) is 0.0506. The van der Waals surface area contributed by atoms with Gasteiger partial charge in [-0.05, 0) is 30.0 Å². The number of anilines is 1. The molecule has 0 amide bonds. The fourth-order valence-corrected chi connectivity index (χ4v) is 2.29. The smallest absolute Gasteiger partial charge is 0.215 e. The number of fused-ring (bicyclic) bond motifs is 1. The molecule has 98 valence electrons. The highest BCUT2D eigenvalue weighted by molar-refractivity contribution is 6.17. The van der Waals surface area contributed by atoms with Crippen LogP contribution < -0.4 is 5.73 Å². The Morgan fingerprint density at radius 1 is 1.05 bits per heavy atom. The largest absolute Gasteiger partial charge is 0.383 e. The molecule has 0 saturated heterocycles. The van der Waals surface area contributed by atoms with Gasteiger partial charge in [-0.1, -0.05) is 24.3 Å². The number of benzene rings is 1. The third-order valence-electron chi connectivity index (χ3n) is 3.30. The molecule has 0 aliphatic heterocycles. The van der Waals surface area contributed by atoms with Crippen molar-refractivity contribution in [3.05, 3.63) is 65.6 Å². The highest BCUT2D eigenvalue weighted by atomic mass is 16.1. The predicted molar refractivity (Wildman–Crippen MR) is 78.6 cm³/mol. The van der Waals surface area contributed by atoms with Crippen molar-refractivity contribution < 1.29 is 4.79 Å². The summed E-state index contributed by atoms with van der Waals surface area (Å²) < 4.78 is 0. The van der Waals surface area contributed by atoms with Gasteiger partial charge in [0.15, 0.2) is 0 Å². The van der Waals surface area contributed by atoms with Crippen LogP contribution in [0, 0.1) is 6.92 Å². The van der Waals surface area contributed by atoms with Gasteiger partial charge in [0.05, 0.1) is 5.56 Å². The number of hydrogen-bond acceptors (Lipinski definition) is 4.